The number of carboxylic acids is 1. The molecule has 1 aromatic rings. The van der Waals surface area contributed by atoms with Crippen LogP contribution in [0.15, 0.2) is 24.3 Å². The molecule has 0 aliphatic carbocycles. The van der Waals surface area contributed by atoms with Crippen molar-refractivity contribution in [3.8, 4) is 0 Å². The van der Waals surface area contributed by atoms with E-state index in [1.54, 1.807) is 6.92 Å². The van der Waals surface area contributed by atoms with Gasteiger partial charge in [-0.05, 0) is 24.0 Å². The Labute approximate surface area is 155 Å². The van der Waals surface area contributed by atoms with E-state index in [9.17, 15) is 27.9 Å². The molecular formula is C19H22F3NO4. The first-order chi connectivity index (χ1) is 12.6. The molecule has 0 aromatic heterocycles. The lowest BCUT2D eigenvalue weighted by Crippen LogP contribution is -2.45. The van der Waals surface area contributed by atoms with Crippen LogP contribution in [0, 0.1) is 11.3 Å². The number of alkyl halides is 3. The second-order valence-electron chi connectivity index (χ2n) is 7.45. The number of halogens is 3. The van der Waals surface area contributed by atoms with Gasteiger partial charge in [0.2, 0.25) is 5.91 Å². The Kier molecular flexibility index (Phi) is 5.20. The molecule has 1 aromatic carbocycles. The van der Waals surface area contributed by atoms with Crippen LogP contribution in [-0.4, -0.2) is 48.2 Å². The van der Waals surface area contributed by atoms with E-state index in [1.165, 1.54) is 23.1 Å². The quantitative estimate of drug-likeness (QED) is 0.865. The number of carboxylic acid groups (broad SMARTS) is 1. The molecule has 8 heteroatoms. The van der Waals surface area contributed by atoms with E-state index in [0.717, 1.165) is 6.07 Å². The molecule has 2 aliphatic rings. The minimum atomic E-state index is -4.48. The number of ether oxygens (including phenoxy) is 1. The molecule has 0 spiro atoms. The van der Waals surface area contributed by atoms with Crippen molar-refractivity contribution >= 4 is 11.9 Å². The second-order valence-corrected chi connectivity index (χ2v) is 7.45. The molecule has 1 amide bonds. The molecule has 0 saturated carbocycles. The number of hydrogen-bond acceptors (Lipinski definition) is 3. The predicted octanol–water partition coefficient (Wildman–Crippen LogP) is 3.15. The third-order valence-corrected chi connectivity index (χ3v) is 5.76. The van der Waals surface area contributed by atoms with Gasteiger partial charge in [-0.1, -0.05) is 25.1 Å². The van der Waals surface area contributed by atoms with Gasteiger partial charge < -0.3 is 14.7 Å². The van der Waals surface area contributed by atoms with Gasteiger partial charge in [-0.25, -0.2) is 0 Å². The molecule has 5 nitrogen and oxygen atoms in total. The maximum atomic E-state index is 13.2. The van der Waals surface area contributed by atoms with Gasteiger partial charge in [0.25, 0.3) is 0 Å². The van der Waals surface area contributed by atoms with Gasteiger partial charge in [0, 0.05) is 32.0 Å². The molecule has 148 valence electrons. The summed E-state index contributed by atoms with van der Waals surface area (Å²) in [6, 6.07) is 5.24. The van der Waals surface area contributed by atoms with E-state index in [0.29, 0.717) is 13.0 Å². The van der Waals surface area contributed by atoms with Crippen LogP contribution >= 0.6 is 0 Å². The Balaban J connectivity index is 1.74. The summed E-state index contributed by atoms with van der Waals surface area (Å²) in [6.45, 7) is 2.55. The van der Waals surface area contributed by atoms with Crippen LogP contribution in [0.2, 0.25) is 0 Å². The highest BCUT2D eigenvalue weighted by Gasteiger charge is 2.54. The average Bonchev–Trinajstić information content (AvgIpc) is 3.02. The smallest absolute Gasteiger partial charge is 0.416 e. The molecule has 1 unspecified atom stereocenters. The summed E-state index contributed by atoms with van der Waals surface area (Å²) in [7, 11) is 0. The lowest BCUT2D eigenvalue weighted by atomic mass is 9.74. The van der Waals surface area contributed by atoms with Gasteiger partial charge in [0.05, 0.1) is 17.6 Å². The van der Waals surface area contributed by atoms with Crippen LogP contribution in [0.25, 0.3) is 0 Å². The number of fused-ring (bicyclic) bond motifs is 1. The molecule has 2 saturated heterocycles. The first kappa shape index (κ1) is 19.7. The summed E-state index contributed by atoms with van der Waals surface area (Å²) in [5.41, 5.74) is -1.68. The third-order valence-electron chi connectivity index (χ3n) is 5.76. The van der Waals surface area contributed by atoms with Crippen molar-refractivity contribution in [2.24, 2.45) is 11.3 Å². The molecule has 0 bridgehead atoms. The molecule has 2 aliphatic heterocycles. The van der Waals surface area contributed by atoms with E-state index in [-0.39, 0.29) is 43.5 Å². The number of benzene rings is 1. The van der Waals surface area contributed by atoms with Crippen molar-refractivity contribution in [1.29, 1.82) is 0 Å². The third kappa shape index (κ3) is 3.67. The first-order valence-corrected chi connectivity index (χ1v) is 8.90. The summed E-state index contributed by atoms with van der Waals surface area (Å²) < 4.78 is 45.0. The second kappa shape index (κ2) is 7.14. The maximum absolute atomic E-state index is 13.2. The topological polar surface area (TPSA) is 66.8 Å². The van der Waals surface area contributed by atoms with Gasteiger partial charge in [0.15, 0.2) is 0 Å². The van der Waals surface area contributed by atoms with Gasteiger partial charge in [-0.15, -0.1) is 0 Å². The molecular weight excluding hydrogens is 363 g/mol. The molecule has 1 N–H and O–H groups in total. The predicted molar refractivity (Wildman–Crippen MR) is 90.1 cm³/mol. The fraction of sp³-hybridized carbons (Fsp3) is 0.579. The molecule has 2 heterocycles. The lowest BCUT2D eigenvalue weighted by Gasteiger charge is -2.33. The molecule has 2 fully saturated rings. The molecule has 27 heavy (non-hydrogen) atoms. The normalized spacial score (nSPS) is 26.5. The Morgan fingerprint density at radius 1 is 1.37 bits per heavy atom. The number of amides is 1. The fourth-order valence-electron chi connectivity index (χ4n) is 4.18. The van der Waals surface area contributed by atoms with Crippen molar-refractivity contribution < 1.29 is 32.6 Å². The highest BCUT2D eigenvalue weighted by Crippen LogP contribution is 2.43. The zero-order chi connectivity index (χ0) is 19.8. The van der Waals surface area contributed by atoms with Crippen molar-refractivity contribution in [1.82, 2.24) is 4.90 Å². The minimum Gasteiger partial charge on any atom is -0.481 e. The van der Waals surface area contributed by atoms with E-state index in [1.807, 2.05) is 0 Å². The van der Waals surface area contributed by atoms with Crippen LogP contribution in [0.3, 0.4) is 0 Å². The molecule has 3 rings (SSSR count). The SMILES string of the molecule is CC(CC(=O)N1C[C@H]2COCC[C@@]2(C(=O)O)C1)c1ccccc1C(F)(F)F. The van der Waals surface area contributed by atoms with E-state index in [4.69, 9.17) is 4.74 Å². The Bertz CT molecular complexity index is 736. The van der Waals surface area contributed by atoms with Gasteiger partial charge in [-0.3, -0.25) is 9.59 Å². The van der Waals surface area contributed by atoms with E-state index >= 15 is 0 Å². The van der Waals surface area contributed by atoms with Gasteiger partial charge in [-0.2, -0.15) is 13.2 Å². The largest absolute Gasteiger partial charge is 0.481 e. The number of carbonyl (C=O) groups is 2. The molecule has 3 atom stereocenters. The van der Waals surface area contributed by atoms with Crippen molar-refractivity contribution in [2.75, 3.05) is 26.3 Å². The van der Waals surface area contributed by atoms with E-state index < -0.39 is 29.0 Å². The Hall–Kier alpha value is -2.09. The van der Waals surface area contributed by atoms with E-state index in [2.05, 4.69) is 0 Å². The highest BCUT2D eigenvalue weighted by molar-refractivity contribution is 5.81. The maximum Gasteiger partial charge on any atom is 0.416 e. The van der Waals surface area contributed by atoms with Gasteiger partial charge >= 0.3 is 12.1 Å². The van der Waals surface area contributed by atoms with Crippen LogP contribution in [0.5, 0.6) is 0 Å². The zero-order valence-electron chi connectivity index (χ0n) is 15.0. The summed E-state index contributed by atoms with van der Waals surface area (Å²) >= 11 is 0. The average molecular weight is 385 g/mol. The number of aliphatic carboxylic acids is 1. The van der Waals surface area contributed by atoms with Crippen LogP contribution in [0.1, 0.15) is 36.8 Å². The van der Waals surface area contributed by atoms with Gasteiger partial charge in [0.1, 0.15) is 0 Å². The molecule has 0 radical (unpaired) electrons. The lowest BCUT2D eigenvalue weighted by molar-refractivity contribution is -0.157. The zero-order valence-corrected chi connectivity index (χ0v) is 15.0. The minimum absolute atomic E-state index is 0.0752. The summed E-state index contributed by atoms with van der Waals surface area (Å²) in [5, 5.41) is 9.67. The van der Waals surface area contributed by atoms with Crippen LogP contribution in [-0.2, 0) is 20.5 Å². The standard InChI is InChI=1S/C19H22F3NO4/c1-12(14-4-2-3-5-15(14)19(20,21)22)8-16(24)23-9-13-10-27-7-6-18(13,11-23)17(25)26/h2-5,12-13H,6-11H2,1H3,(H,25,26)/t12?,13-,18+/m0/s1. The summed E-state index contributed by atoms with van der Waals surface area (Å²) in [5.74, 6) is -2.18. The highest BCUT2D eigenvalue weighted by atomic mass is 19.4. The number of carbonyl (C=O) groups excluding carboxylic acids is 1. The summed E-state index contributed by atoms with van der Waals surface area (Å²) in [4.78, 5) is 26.0. The monoisotopic (exact) mass is 385 g/mol. The Morgan fingerprint density at radius 2 is 2.07 bits per heavy atom. The van der Waals surface area contributed by atoms with Crippen molar-refractivity contribution in [2.45, 2.75) is 31.9 Å². The number of rotatable bonds is 4. The first-order valence-electron chi connectivity index (χ1n) is 8.90. The summed E-state index contributed by atoms with van der Waals surface area (Å²) in [6.07, 6.45) is -4.25. The van der Waals surface area contributed by atoms with Crippen molar-refractivity contribution in [3.63, 3.8) is 0 Å². The van der Waals surface area contributed by atoms with Crippen LogP contribution < -0.4 is 0 Å². The number of nitrogens with zero attached hydrogens (tertiary/aromatic N) is 1. The number of hydrogen-bond donors (Lipinski definition) is 1. The Morgan fingerprint density at radius 3 is 2.70 bits per heavy atom. The van der Waals surface area contributed by atoms with Crippen molar-refractivity contribution in [3.05, 3.63) is 35.4 Å². The van der Waals surface area contributed by atoms with Crippen LogP contribution in [0.4, 0.5) is 13.2 Å². The fourth-order valence-corrected chi connectivity index (χ4v) is 4.18. The number of likely N-dealkylation sites (tertiary alicyclic amines) is 1.